The van der Waals surface area contributed by atoms with E-state index in [0.29, 0.717) is 10.8 Å². The van der Waals surface area contributed by atoms with Crippen molar-refractivity contribution in [2.24, 2.45) is 0 Å². The van der Waals surface area contributed by atoms with Gasteiger partial charge in [-0.05, 0) is 43.2 Å². The third-order valence-corrected chi connectivity index (χ3v) is 4.70. The van der Waals surface area contributed by atoms with E-state index in [0.717, 1.165) is 35.7 Å². The number of carbonyl (C=O) groups excluding carboxylic acids is 1. The maximum atomic E-state index is 12.1. The Morgan fingerprint density at radius 3 is 2.62 bits per heavy atom. The molecule has 5 nitrogen and oxygen atoms in total. The molecule has 2 N–H and O–H groups in total. The minimum absolute atomic E-state index is 0.135. The van der Waals surface area contributed by atoms with Gasteiger partial charge in [-0.2, -0.15) is 11.8 Å². The van der Waals surface area contributed by atoms with Gasteiger partial charge in [0.05, 0.1) is 11.4 Å². The van der Waals surface area contributed by atoms with E-state index in [1.165, 1.54) is 23.9 Å². The number of aryl methyl sites for hydroxylation is 2. The number of anilines is 1. The molecule has 1 amide bonds. The fourth-order valence-electron chi connectivity index (χ4n) is 2.05. The van der Waals surface area contributed by atoms with Gasteiger partial charge in [-0.15, -0.1) is 13.2 Å². The highest BCUT2D eigenvalue weighted by Crippen LogP contribution is 2.24. The summed E-state index contributed by atoms with van der Waals surface area (Å²) in [6, 6.07) is 4.98. The van der Waals surface area contributed by atoms with Gasteiger partial charge in [0.2, 0.25) is 5.91 Å². The first-order chi connectivity index (χ1) is 12.3. The standard InChI is InChI=1S/C16H18F3N3O2S2/c1-10-13(7-8-25-2)22-15(20-10)26-9-14(23)21-11-3-5-12(6-4-11)24-16(17,18)19/h3-6H,7-9H2,1-2H3,(H,20,22)(H,21,23). The van der Waals surface area contributed by atoms with Gasteiger partial charge in [0, 0.05) is 17.8 Å². The Morgan fingerprint density at radius 2 is 2.00 bits per heavy atom. The number of ether oxygens (including phenoxy) is 1. The molecule has 26 heavy (non-hydrogen) atoms. The Kier molecular flexibility index (Phi) is 7.27. The first-order valence-corrected chi connectivity index (χ1v) is 9.97. The van der Waals surface area contributed by atoms with Crippen molar-refractivity contribution in [1.82, 2.24) is 9.97 Å². The zero-order chi connectivity index (χ0) is 19.2. The number of carbonyl (C=O) groups is 1. The lowest BCUT2D eigenvalue weighted by molar-refractivity contribution is -0.274. The van der Waals surface area contributed by atoms with E-state index in [9.17, 15) is 18.0 Å². The average molecular weight is 405 g/mol. The van der Waals surface area contributed by atoms with Crippen LogP contribution in [-0.4, -0.2) is 40.0 Å². The van der Waals surface area contributed by atoms with Crippen molar-refractivity contribution in [3.63, 3.8) is 0 Å². The first-order valence-electron chi connectivity index (χ1n) is 7.59. The van der Waals surface area contributed by atoms with Crippen LogP contribution in [0.2, 0.25) is 0 Å². The molecular formula is C16H18F3N3O2S2. The number of thioether (sulfide) groups is 2. The SMILES string of the molecule is CSCCc1nc(SCC(=O)Nc2ccc(OC(F)(F)F)cc2)[nH]c1C. The summed E-state index contributed by atoms with van der Waals surface area (Å²) in [7, 11) is 0. The van der Waals surface area contributed by atoms with Crippen LogP contribution in [0.25, 0.3) is 0 Å². The van der Waals surface area contributed by atoms with Crippen molar-refractivity contribution in [3.05, 3.63) is 35.7 Å². The molecule has 0 saturated heterocycles. The number of alkyl halides is 3. The topological polar surface area (TPSA) is 67.0 Å². The fraction of sp³-hybridized carbons (Fsp3) is 0.375. The Balaban J connectivity index is 1.83. The summed E-state index contributed by atoms with van der Waals surface area (Å²) >= 11 is 3.01. The Labute approximate surface area is 157 Å². The number of hydrogen-bond acceptors (Lipinski definition) is 5. The Hall–Kier alpha value is -1.81. The van der Waals surface area contributed by atoms with Gasteiger partial charge >= 0.3 is 6.36 Å². The molecule has 0 saturated carbocycles. The smallest absolute Gasteiger partial charge is 0.406 e. The zero-order valence-electron chi connectivity index (χ0n) is 14.1. The van der Waals surface area contributed by atoms with Crippen LogP contribution in [0.1, 0.15) is 11.4 Å². The number of H-pyrrole nitrogens is 1. The maximum absolute atomic E-state index is 12.1. The molecule has 1 heterocycles. The van der Waals surface area contributed by atoms with E-state index in [4.69, 9.17) is 0 Å². The Bertz CT molecular complexity index is 733. The summed E-state index contributed by atoms with van der Waals surface area (Å²) in [6.07, 6.45) is -1.84. The molecule has 0 fully saturated rings. The highest BCUT2D eigenvalue weighted by molar-refractivity contribution is 7.99. The van der Waals surface area contributed by atoms with Gasteiger partial charge in [-0.3, -0.25) is 4.79 Å². The number of benzene rings is 1. The number of halogens is 3. The normalized spacial score (nSPS) is 11.4. The lowest BCUT2D eigenvalue weighted by atomic mass is 10.3. The van der Waals surface area contributed by atoms with Crippen LogP contribution in [0, 0.1) is 6.92 Å². The van der Waals surface area contributed by atoms with Crippen LogP contribution in [0.15, 0.2) is 29.4 Å². The minimum atomic E-state index is -4.74. The second-order valence-corrected chi connectivity index (χ2v) is 7.22. The first kappa shape index (κ1) is 20.5. The van der Waals surface area contributed by atoms with Crippen LogP contribution in [0.4, 0.5) is 18.9 Å². The van der Waals surface area contributed by atoms with Crippen molar-refractivity contribution in [2.45, 2.75) is 24.9 Å². The van der Waals surface area contributed by atoms with Crippen molar-refractivity contribution in [3.8, 4) is 5.75 Å². The molecule has 0 aliphatic carbocycles. The second-order valence-electron chi connectivity index (χ2n) is 5.27. The van der Waals surface area contributed by atoms with Crippen LogP contribution in [0.3, 0.4) is 0 Å². The number of amides is 1. The summed E-state index contributed by atoms with van der Waals surface area (Å²) in [5.41, 5.74) is 2.37. The van der Waals surface area contributed by atoms with Gasteiger partial charge < -0.3 is 15.0 Å². The van der Waals surface area contributed by atoms with E-state index < -0.39 is 6.36 Å². The quantitative estimate of drug-likeness (QED) is 0.643. The molecule has 0 bridgehead atoms. The molecule has 0 radical (unpaired) electrons. The Morgan fingerprint density at radius 1 is 1.31 bits per heavy atom. The number of aromatic nitrogens is 2. The number of nitrogens with one attached hydrogen (secondary N) is 2. The summed E-state index contributed by atoms with van der Waals surface area (Å²) in [5.74, 6) is 0.493. The summed E-state index contributed by atoms with van der Waals surface area (Å²) < 4.78 is 40.1. The van der Waals surface area contributed by atoms with Crippen molar-refractivity contribution >= 4 is 35.1 Å². The molecular weight excluding hydrogens is 387 g/mol. The third-order valence-electron chi connectivity index (χ3n) is 3.22. The average Bonchev–Trinajstić information content (AvgIpc) is 2.91. The summed E-state index contributed by atoms with van der Waals surface area (Å²) in [5, 5.41) is 3.29. The number of aromatic amines is 1. The van der Waals surface area contributed by atoms with E-state index in [2.05, 4.69) is 20.0 Å². The van der Waals surface area contributed by atoms with Gasteiger partial charge in [0.15, 0.2) is 5.16 Å². The van der Waals surface area contributed by atoms with Crippen LogP contribution >= 0.6 is 23.5 Å². The maximum Gasteiger partial charge on any atom is 0.573 e. The largest absolute Gasteiger partial charge is 0.573 e. The lowest BCUT2D eigenvalue weighted by Crippen LogP contribution is -2.17. The molecule has 0 unspecified atom stereocenters. The van der Waals surface area contributed by atoms with E-state index in [1.54, 1.807) is 11.8 Å². The molecule has 2 aromatic rings. The van der Waals surface area contributed by atoms with Gasteiger partial charge in [0.1, 0.15) is 5.75 Å². The van der Waals surface area contributed by atoms with Gasteiger partial charge in [0.25, 0.3) is 0 Å². The van der Waals surface area contributed by atoms with Crippen molar-refractivity contribution < 1.29 is 22.7 Å². The van der Waals surface area contributed by atoms with Crippen molar-refractivity contribution in [1.29, 1.82) is 0 Å². The van der Waals surface area contributed by atoms with Crippen molar-refractivity contribution in [2.75, 3.05) is 23.1 Å². The highest BCUT2D eigenvalue weighted by atomic mass is 32.2. The van der Waals surface area contributed by atoms with Gasteiger partial charge in [-0.1, -0.05) is 11.8 Å². The molecule has 0 spiro atoms. The molecule has 0 aliphatic heterocycles. The summed E-state index contributed by atoms with van der Waals surface area (Å²) in [4.78, 5) is 19.6. The van der Waals surface area contributed by atoms with Crippen LogP contribution < -0.4 is 10.1 Å². The molecule has 2 rings (SSSR count). The van der Waals surface area contributed by atoms with Gasteiger partial charge in [-0.25, -0.2) is 4.98 Å². The molecule has 142 valence electrons. The third kappa shape index (κ3) is 6.83. The predicted molar refractivity (Wildman–Crippen MR) is 97.9 cm³/mol. The highest BCUT2D eigenvalue weighted by Gasteiger charge is 2.30. The molecule has 10 heteroatoms. The minimum Gasteiger partial charge on any atom is -0.406 e. The second kappa shape index (κ2) is 9.22. The monoisotopic (exact) mass is 405 g/mol. The molecule has 0 atom stereocenters. The number of nitrogens with zero attached hydrogens (tertiary/aromatic N) is 1. The van der Waals surface area contributed by atoms with Crippen LogP contribution in [-0.2, 0) is 11.2 Å². The molecule has 1 aromatic carbocycles. The predicted octanol–water partition coefficient (Wildman–Crippen LogP) is 4.25. The number of imidazole rings is 1. The molecule has 1 aromatic heterocycles. The lowest BCUT2D eigenvalue weighted by Gasteiger charge is -2.09. The fourth-order valence-corrected chi connectivity index (χ4v) is 3.19. The number of hydrogen-bond donors (Lipinski definition) is 2. The van der Waals surface area contributed by atoms with E-state index in [-0.39, 0.29) is 17.4 Å². The van der Waals surface area contributed by atoms with Crippen LogP contribution in [0.5, 0.6) is 5.75 Å². The van der Waals surface area contributed by atoms with E-state index in [1.807, 2.05) is 13.2 Å². The van der Waals surface area contributed by atoms with E-state index >= 15 is 0 Å². The molecule has 0 aliphatic rings. The zero-order valence-corrected chi connectivity index (χ0v) is 15.8. The number of rotatable bonds is 8. The summed E-state index contributed by atoms with van der Waals surface area (Å²) in [6.45, 7) is 1.94.